The van der Waals surface area contributed by atoms with E-state index >= 15 is 0 Å². The van der Waals surface area contributed by atoms with Crippen LogP contribution in [0.25, 0.3) is 0 Å². The van der Waals surface area contributed by atoms with Gasteiger partial charge >= 0.3 is 0 Å². The highest BCUT2D eigenvalue weighted by Crippen LogP contribution is 2.42. The zero-order chi connectivity index (χ0) is 17.6. The lowest BCUT2D eigenvalue weighted by Crippen LogP contribution is -2.54. The number of rotatable bonds is 2. The molecule has 0 aromatic heterocycles. The van der Waals surface area contributed by atoms with Crippen LogP contribution in [0.2, 0.25) is 0 Å². The van der Waals surface area contributed by atoms with Crippen molar-refractivity contribution in [1.82, 2.24) is 9.80 Å². The van der Waals surface area contributed by atoms with Gasteiger partial charge in [-0.15, -0.1) is 0 Å². The molecule has 2 nitrogen and oxygen atoms in total. The van der Waals surface area contributed by atoms with Gasteiger partial charge in [-0.05, 0) is 68.1 Å². The lowest BCUT2D eigenvalue weighted by atomic mass is 9.72. The molecule has 3 aliphatic rings. The van der Waals surface area contributed by atoms with Crippen LogP contribution in [0, 0.1) is 35.5 Å². The molecule has 2 saturated carbocycles. The van der Waals surface area contributed by atoms with Crippen molar-refractivity contribution in [2.45, 2.75) is 92.4 Å². The molecule has 140 valence electrons. The van der Waals surface area contributed by atoms with Gasteiger partial charge in [0.1, 0.15) is 0 Å². The Morgan fingerprint density at radius 2 is 0.792 bits per heavy atom. The first-order chi connectivity index (χ1) is 11.3. The van der Waals surface area contributed by atoms with Crippen LogP contribution in [0.15, 0.2) is 0 Å². The molecule has 0 spiro atoms. The standard InChI is InChI=1S/C22H42N2/c1-14-10-16(3)21(17(4)11-14)23-8-9-24(20(23)7)22-18(5)12-15(2)13-19(22)6/h14-22H,8-13H2,1-7H3/t14?,15?,16-,17-,18+,19+,20?,21?,22?. The van der Waals surface area contributed by atoms with Crippen molar-refractivity contribution in [3.05, 3.63) is 0 Å². The van der Waals surface area contributed by atoms with Gasteiger partial charge in [0.15, 0.2) is 0 Å². The van der Waals surface area contributed by atoms with Crippen LogP contribution >= 0.6 is 0 Å². The summed E-state index contributed by atoms with van der Waals surface area (Å²) in [6.45, 7) is 20.0. The molecule has 3 fully saturated rings. The van der Waals surface area contributed by atoms with E-state index in [-0.39, 0.29) is 0 Å². The third-order valence-electron chi connectivity index (χ3n) is 7.77. The van der Waals surface area contributed by atoms with Gasteiger partial charge in [0.05, 0.1) is 6.17 Å². The van der Waals surface area contributed by atoms with Gasteiger partial charge in [-0.25, -0.2) is 0 Å². The van der Waals surface area contributed by atoms with Crippen molar-refractivity contribution in [2.75, 3.05) is 13.1 Å². The lowest BCUT2D eigenvalue weighted by Gasteiger charge is -2.48. The molecule has 0 aromatic rings. The van der Waals surface area contributed by atoms with E-state index in [1.807, 2.05) is 0 Å². The average Bonchev–Trinajstić information content (AvgIpc) is 2.79. The van der Waals surface area contributed by atoms with Crippen LogP contribution in [0.3, 0.4) is 0 Å². The van der Waals surface area contributed by atoms with Crippen LogP contribution < -0.4 is 0 Å². The largest absolute Gasteiger partial charge is 0.283 e. The second-order valence-corrected chi connectivity index (χ2v) is 10.2. The monoisotopic (exact) mass is 334 g/mol. The zero-order valence-electron chi connectivity index (χ0n) is 17.3. The second kappa shape index (κ2) is 7.27. The molecule has 1 heterocycles. The Labute approximate surface area is 151 Å². The Morgan fingerprint density at radius 3 is 1.08 bits per heavy atom. The zero-order valence-corrected chi connectivity index (χ0v) is 17.3. The van der Waals surface area contributed by atoms with E-state index in [2.05, 4.69) is 58.3 Å². The van der Waals surface area contributed by atoms with Crippen molar-refractivity contribution in [3.63, 3.8) is 0 Å². The molecule has 2 aliphatic carbocycles. The minimum absolute atomic E-state index is 0.636. The molecule has 0 aromatic carbocycles. The van der Waals surface area contributed by atoms with Gasteiger partial charge in [0.25, 0.3) is 0 Å². The smallest absolute Gasteiger partial charge is 0.0599 e. The predicted molar refractivity (Wildman–Crippen MR) is 104 cm³/mol. The van der Waals surface area contributed by atoms with Gasteiger partial charge in [-0.3, -0.25) is 9.80 Å². The molecule has 0 amide bonds. The van der Waals surface area contributed by atoms with E-state index in [1.54, 1.807) is 0 Å². The number of hydrogen-bond donors (Lipinski definition) is 0. The van der Waals surface area contributed by atoms with Crippen molar-refractivity contribution in [1.29, 1.82) is 0 Å². The molecule has 2 heteroatoms. The Bertz CT molecular complexity index is 360. The number of hydrogen-bond acceptors (Lipinski definition) is 2. The highest BCUT2D eigenvalue weighted by Gasteiger charge is 2.45. The summed E-state index contributed by atoms with van der Waals surface area (Å²) in [5.41, 5.74) is 0. The molecular weight excluding hydrogens is 292 g/mol. The third kappa shape index (κ3) is 3.43. The topological polar surface area (TPSA) is 6.48 Å². The molecular formula is C22H42N2. The van der Waals surface area contributed by atoms with E-state index in [1.165, 1.54) is 38.8 Å². The van der Waals surface area contributed by atoms with Crippen molar-refractivity contribution in [2.24, 2.45) is 35.5 Å². The summed E-state index contributed by atoms with van der Waals surface area (Å²) in [5.74, 6) is 5.25. The maximum Gasteiger partial charge on any atom is 0.0599 e. The summed E-state index contributed by atoms with van der Waals surface area (Å²) in [6, 6.07) is 1.60. The molecule has 3 rings (SSSR count). The molecule has 1 aliphatic heterocycles. The summed E-state index contributed by atoms with van der Waals surface area (Å²) in [6.07, 6.45) is 6.33. The first-order valence-electron chi connectivity index (χ1n) is 10.8. The van der Waals surface area contributed by atoms with E-state index < -0.39 is 0 Å². The average molecular weight is 335 g/mol. The van der Waals surface area contributed by atoms with Crippen molar-refractivity contribution >= 4 is 0 Å². The molecule has 0 radical (unpaired) electrons. The Balaban J connectivity index is 1.71. The maximum atomic E-state index is 2.89. The first-order valence-corrected chi connectivity index (χ1v) is 10.8. The van der Waals surface area contributed by atoms with Crippen molar-refractivity contribution < 1.29 is 0 Å². The van der Waals surface area contributed by atoms with Crippen LogP contribution in [0.1, 0.15) is 74.1 Å². The summed E-state index contributed by atoms with van der Waals surface area (Å²) in [4.78, 5) is 5.78. The molecule has 1 unspecified atom stereocenters. The highest BCUT2D eigenvalue weighted by molar-refractivity contribution is 4.97. The number of nitrogens with zero attached hydrogens (tertiary/aromatic N) is 2. The van der Waals surface area contributed by atoms with Crippen LogP contribution in [-0.4, -0.2) is 41.1 Å². The molecule has 0 N–H and O–H groups in total. The summed E-state index contributed by atoms with van der Waals surface area (Å²) < 4.78 is 0. The SMILES string of the molecule is CC1C[C@@H](C)C(N2CCN(C3[C@@H](C)CC(C)C[C@@H]3C)C2C)[C@H](C)C1. The first kappa shape index (κ1) is 18.7. The molecule has 5 atom stereocenters. The lowest BCUT2D eigenvalue weighted by molar-refractivity contribution is -0.0202. The van der Waals surface area contributed by atoms with E-state index in [9.17, 15) is 0 Å². The molecule has 0 bridgehead atoms. The Morgan fingerprint density at radius 1 is 0.500 bits per heavy atom. The van der Waals surface area contributed by atoms with E-state index in [0.717, 1.165) is 47.6 Å². The third-order valence-corrected chi connectivity index (χ3v) is 7.77. The van der Waals surface area contributed by atoms with Crippen LogP contribution in [0.4, 0.5) is 0 Å². The van der Waals surface area contributed by atoms with Gasteiger partial charge in [-0.2, -0.15) is 0 Å². The molecule has 24 heavy (non-hydrogen) atoms. The van der Waals surface area contributed by atoms with Crippen molar-refractivity contribution in [3.8, 4) is 0 Å². The van der Waals surface area contributed by atoms with Crippen LogP contribution in [-0.2, 0) is 0 Å². The molecule has 1 saturated heterocycles. The van der Waals surface area contributed by atoms with Gasteiger partial charge in [-0.1, -0.05) is 41.5 Å². The normalized spacial score (nSPS) is 51.9. The Kier molecular flexibility index (Phi) is 5.67. The van der Waals surface area contributed by atoms with Gasteiger partial charge < -0.3 is 0 Å². The highest BCUT2D eigenvalue weighted by atomic mass is 15.4. The summed E-state index contributed by atoms with van der Waals surface area (Å²) >= 11 is 0. The quantitative estimate of drug-likeness (QED) is 0.694. The predicted octanol–water partition coefficient (Wildman–Crippen LogP) is 5.09. The van der Waals surface area contributed by atoms with Gasteiger partial charge in [0, 0.05) is 25.2 Å². The van der Waals surface area contributed by atoms with Crippen LogP contribution in [0.5, 0.6) is 0 Å². The van der Waals surface area contributed by atoms with Gasteiger partial charge in [0.2, 0.25) is 0 Å². The summed E-state index contributed by atoms with van der Waals surface area (Å²) in [7, 11) is 0. The fourth-order valence-electron chi connectivity index (χ4n) is 7.31. The van der Waals surface area contributed by atoms with E-state index in [4.69, 9.17) is 0 Å². The minimum atomic E-state index is 0.636. The minimum Gasteiger partial charge on any atom is -0.283 e. The fraction of sp³-hybridized carbons (Fsp3) is 1.00. The van der Waals surface area contributed by atoms with E-state index in [0.29, 0.717) is 6.17 Å². The maximum absolute atomic E-state index is 2.89. The Hall–Kier alpha value is -0.0800. The second-order valence-electron chi connectivity index (χ2n) is 10.2. The summed E-state index contributed by atoms with van der Waals surface area (Å²) in [5, 5.41) is 0. The fourth-order valence-corrected chi connectivity index (χ4v) is 7.31.